The van der Waals surface area contributed by atoms with Gasteiger partial charge in [-0.15, -0.1) is 0 Å². The Balaban J connectivity index is 1.57. The van der Waals surface area contributed by atoms with E-state index >= 15 is 0 Å². The van der Waals surface area contributed by atoms with Crippen LogP contribution in [0, 0.1) is 0 Å². The summed E-state index contributed by atoms with van der Waals surface area (Å²) in [6.07, 6.45) is 3.35. The summed E-state index contributed by atoms with van der Waals surface area (Å²) in [4.78, 5) is 12.3. The highest BCUT2D eigenvalue weighted by Crippen LogP contribution is 2.15. The Hall–Kier alpha value is -3.44. The first-order valence-corrected chi connectivity index (χ1v) is 9.14. The zero-order valence-corrected chi connectivity index (χ0v) is 16.2. The van der Waals surface area contributed by atoms with E-state index in [1.165, 1.54) is 0 Å². The number of anilines is 2. The number of ketones is 1. The average molecular weight is 388 g/mol. The normalized spacial score (nSPS) is 10.5. The Bertz CT molecular complexity index is 966. The maximum Gasteiger partial charge on any atom is 0.185 e. The Kier molecular flexibility index (Phi) is 6.54. The Morgan fingerprint density at radius 1 is 0.857 bits per heavy atom. The molecule has 3 aromatic rings. The van der Waals surface area contributed by atoms with Crippen molar-refractivity contribution in [2.24, 2.45) is 0 Å². The molecule has 0 spiro atoms. The molecule has 0 radical (unpaired) electrons. The molecule has 0 atom stereocenters. The van der Waals surface area contributed by atoms with Crippen LogP contribution in [0.1, 0.15) is 15.9 Å². The van der Waals surface area contributed by atoms with Gasteiger partial charge in [0, 0.05) is 16.9 Å². The molecule has 0 fully saturated rings. The second-order valence-electron chi connectivity index (χ2n) is 5.99. The number of carbonyl (C=O) groups is 1. The molecule has 0 amide bonds. The molecule has 0 heterocycles. The third kappa shape index (κ3) is 5.53. The predicted octanol–water partition coefficient (Wildman–Crippen LogP) is 5.40. The van der Waals surface area contributed by atoms with Crippen LogP contribution < -0.4 is 15.4 Å². The van der Waals surface area contributed by atoms with Gasteiger partial charge in [0.15, 0.2) is 10.9 Å². The van der Waals surface area contributed by atoms with Crippen LogP contribution in [0.3, 0.4) is 0 Å². The third-order valence-corrected chi connectivity index (χ3v) is 4.21. The van der Waals surface area contributed by atoms with Gasteiger partial charge in [0.25, 0.3) is 0 Å². The molecule has 0 aliphatic carbocycles. The van der Waals surface area contributed by atoms with Gasteiger partial charge in [0.05, 0.1) is 7.11 Å². The van der Waals surface area contributed by atoms with E-state index in [0.29, 0.717) is 10.7 Å². The number of methoxy groups -OCH3 is 1. The number of thiocarbonyl (C=S) groups is 1. The molecular formula is C23H20N2O2S. The third-order valence-electron chi connectivity index (χ3n) is 4.00. The Morgan fingerprint density at radius 2 is 1.46 bits per heavy atom. The highest BCUT2D eigenvalue weighted by Gasteiger charge is 2.03. The van der Waals surface area contributed by atoms with Crippen molar-refractivity contribution in [3.63, 3.8) is 0 Å². The van der Waals surface area contributed by atoms with Gasteiger partial charge in [-0.2, -0.15) is 0 Å². The zero-order chi connectivity index (χ0) is 19.8. The Morgan fingerprint density at radius 3 is 2.07 bits per heavy atom. The lowest BCUT2D eigenvalue weighted by Gasteiger charge is -2.10. The van der Waals surface area contributed by atoms with Crippen molar-refractivity contribution in [1.82, 2.24) is 0 Å². The molecule has 0 bridgehead atoms. The molecule has 28 heavy (non-hydrogen) atoms. The van der Waals surface area contributed by atoms with Gasteiger partial charge in [-0.1, -0.05) is 36.4 Å². The fourth-order valence-corrected chi connectivity index (χ4v) is 2.75. The molecule has 0 saturated carbocycles. The minimum Gasteiger partial charge on any atom is -0.497 e. The molecule has 0 aliphatic rings. The molecule has 4 nitrogen and oxygen atoms in total. The molecule has 3 aromatic carbocycles. The van der Waals surface area contributed by atoms with E-state index in [1.54, 1.807) is 31.4 Å². The molecule has 0 unspecified atom stereocenters. The van der Waals surface area contributed by atoms with Crippen LogP contribution in [0.2, 0.25) is 0 Å². The lowest BCUT2D eigenvalue weighted by molar-refractivity contribution is 0.104. The van der Waals surface area contributed by atoms with E-state index < -0.39 is 0 Å². The molecule has 0 aliphatic heterocycles. The van der Waals surface area contributed by atoms with Crippen molar-refractivity contribution < 1.29 is 9.53 Å². The summed E-state index contributed by atoms with van der Waals surface area (Å²) in [5, 5.41) is 6.70. The molecule has 0 saturated heterocycles. The number of rotatable bonds is 6. The van der Waals surface area contributed by atoms with Crippen molar-refractivity contribution in [1.29, 1.82) is 0 Å². The molecule has 140 valence electrons. The number of hydrogen-bond acceptors (Lipinski definition) is 3. The second kappa shape index (κ2) is 9.48. The van der Waals surface area contributed by atoms with Gasteiger partial charge in [-0.3, -0.25) is 4.79 Å². The summed E-state index contributed by atoms with van der Waals surface area (Å²) in [6, 6.07) is 24.4. The number of para-hydroxylation sites is 1. The zero-order valence-electron chi connectivity index (χ0n) is 15.4. The first-order chi connectivity index (χ1) is 13.6. The topological polar surface area (TPSA) is 50.4 Å². The van der Waals surface area contributed by atoms with Gasteiger partial charge >= 0.3 is 0 Å². The number of benzene rings is 3. The standard InChI is InChI=1S/C23H20N2O2S/c1-27-21-14-7-17(8-15-21)9-16-22(26)18-10-12-20(13-11-18)25-23(28)24-19-5-3-2-4-6-19/h2-16H,1H3,(H2,24,25,28)/b16-9+. The van der Waals surface area contributed by atoms with Crippen LogP contribution in [-0.4, -0.2) is 18.0 Å². The van der Waals surface area contributed by atoms with E-state index in [4.69, 9.17) is 17.0 Å². The van der Waals surface area contributed by atoms with E-state index in [-0.39, 0.29) is 5.78 Å². The van der Waals surface area contributed by atoms with Crippen LogP contribution in [0.5, 0.6) is 5.75 Å². The van der Waals surface area contributed by atoms with Gasteiger partial charge in [-0.25, -0.2) is 0 Å². The van der Waals surface area contributed by atoms with Crippen molar-refractivity contribution >= 4 is 40.6 Å². The van der Waals surface area contributed by atoms with Crippen LogP contribution in [0.4, 0.5) is 11.4 Å². The Labute approximate surface area is 169 Å². The van der Waals surface area contributed by atoms with Gasteiger partial charge < -0.3 is 15.4 Å². The van der Waals surface area contributed by atoms with Crippen molar-refractivity contribution in [3.8, 4) is 5.75 Å². The SMILES string of the molecule is COc1ccc(/C=C/C(=O)c2ccc(NC(=S)Nc3ccccc3)cc2)cc1. The smallest absolute Gasteiger partial charge is 0.185 e. The minimum atomic E-state index is -0.0626. The number of nitrogens with one attached hydrogen (secondary N) is 2. The van der Waals surface area contributed by atoms with E-state index in [0.717, 1.165) is 22.7 Å². The van der Waals surface area contributed by atoms with E-state index in [2.05, 4.69) is 10.6 Å². The van der Waals surface area contributed by atoms with Gasteiger partial charge in [0.2, 0.25) is 0 Å². The van der Waals surface area contributed by atoms with Crippen molar-refractivity contribution in [2.45, 2.75) is 0 Å². The summed E-state index contributed by atoms with van der Waals surface area (Å²) in [6.45, 7) is 0. The quantitative estimate of drug-likeness (QED) is 0.336. The van der Waals surface area contributed by atoms with Crippen molar-refractivity contribution in [2.75, 3.05) is 17.7 Å². The molecule has 0 aromatic heterocycles. The molecular weight excluding hydrogens is 368 g/mol. The van der Waals surface area contributed by atoms with Gasteiger partial charge in [-0.05, 0) is 72.4 Å². The number of ether oxygens (including phenoxy) is 1. The van der Waals surface area contributed by atoms with Crippen LogP contribution in [0.15, 0.2) is 84.9 Å². The fraction of sp³-hybridized carbons (Fsp3) is 0.0435. The first kappa shape index (κ1) is 19.3. The van der Waals surface area contributed by atoms with E-state index in [1.807, 2.05) is 66.7 Å². The number of allylic oxidation sites excluding steroid dienone is 1. The van der Waals surface area contributed by atoms with Crippen LogP contribution >= 0.6 is 12.2 Å². The summed E-state index contributed by atoms with van der Waals surface area (Å²) in [7, 11) is 1.62. The minimum absolute atomic E-state index is 0.0626. The predicted molar refractivity (Wildman–Crippen MR) is 119 cm³/mol. The van der Waals surface area contributed by atoms with Crippen LogP contribution in [0.25, 0.3) is 6.08 Å². The highest BCUT2D eigenvalue weighted by molar-refractivity contribution is 7.80. The second-order valence-corrected chi connectivity index (χ2v) is 6.40. The summed E-state index contributed by atoms with van der Waals surface area (Å²) >= 11 is 5.31. The van der Waals surface area contributed by atoms with E-state index in [9.17, 15) is 4.79 Å². The maximum absolute atomic E-state index is 12.3. The number of carbonyl (C=O) groups excluding carboxylic acids is 1. The molecule has 5 heteroatoms. The van der Waals surface area contributed by atoms with Crippen molar-refractivity contribution in [3.05, 3.63) is 96.1 Å². The fourth-order valence-electron chi connectivity index (χ4n) is 2.52. The van der Waals surface area contributed by atoms with Gasteiger partial charge in [0.1, 0.15) is 5.75 Å². The molecule has 3 rings (SSSR count). The lowest BCUT2D eigenvalue weighted by Crippen LogP contribution is -2.18. The average Bonchev–Trinajstić information content (AvgIpc) is 2.73. The maximum atomic E-state index is 12.3. The monoisotopic (exact) mass is 388 g/mol. The highest BCUT2D eigenvalue weighted by atomic mass is 32.1. The first-order valence-electron chi connectivity index (χ1n) is 8.73. The largest absolute Gasteiger partial charge is 0.497 e. The summed E-state index contributed by atoms with van der Waals surface area (Å²) in [5.41, 5.74) is 3.27. The lowest BCUT2D eigenvalue weighted by atomic mass is 10.1. The number of hydrogen-bond donors (Lipinski definition) is 2. The summed E-state index contributed by atoms with van der Waals surface area (Å²) < 4.78 is 5.13. The van der Waals surface area contributed by atoms with Crippen LogP contribution in [-0.2, 0) is 0 Å². The summed E-state index contributed by atoms with van der Waals surface area (Å²) in [5.74, 6) is 0.721. The molecule has 2 N–H and O–H groups in total.